The highest BCUT2D eigenvalue weighted by atomic mass is 16.2. The van der Waals surface area contributed by atoms with Gasteiger partial charge in [-0.25, -0.2) is 0 Å². The van der Waals surface area contributed by atoms with E-state index in [2.05, 4.69) is 10.3 Å². The Hall–Kier alpha value is -2.89. The number of nitrogens with zero attached hydrogens (tertiary/aromatic N) is 1. The molecule has 1 unspecified atom stereocenters. The molecule has 6 nitrogen and oxygen atoms in total. The van der Waals surface area contributed by atoms with E-state index in [4.69, 9.17) is 0 Å². The van der Waals surface area contributed by atoms with Gasteiger partial charge in [0.2, 0.25) is 11.5 Å². The molecule has 1 aromatic heterocycles. The van der Waals surface area contributed by atoms with Gasteiger partial charge >= 0.3 is 0 Å². The van der Waals surface area contributed by atoms with Crippen molar-refractivity contribution in [3.05, 3.63) is 70.1 Å². The SMILES string of the molecule is O=C(NC(CN1CCCC1=O)c1ccccc1)c1ccc(=O)[nH]c1. The summed E-state index contributed by atoms with van der Waals surface area (Å²) in [6.07, 6.45) is 2.81. The van der Waals surface area contributed by atoms with Crippen LogP contribution in [0.4, 0.5) is 0 Å². The average molecular weight is 325 g/mol. The van der Waals surface area contributed by atoms with Gasteiger partial charge < -0.3 is 15.2 Å². The quantitative estimate of drug-likeness (QED) is 0.873. The first-order valence-electron chi connectivity index (χ1n) is 7.96. The molecule has 1 fully saturated rings. The van der Waals surface area contributed by atoms with E-state index in [0.29, 0.717) is 18.5 Å². The molecule has 0 saturated carbocycles. The lowest BCUT2D eigenvalue weighted by Crippen LogP contribution is -2.38. The third-order valence-corrected chi connectivity index (χ3v) is 4.13. The number of amides is 2. The number of benzene rings is 1. The van der Waals surface area contributed by atoms with Crippen LogP contribution in [0.25, 0.3) is 0 Å². The first kappa shape index (κ1) is 16.0. The van der Waals surface area contributed by atoms with E-state index >= 15 is 0 Å². The number of hydrogen-bond donors (Lipinski definition) is 2. The lowest BCUT2D eigenvalue weighted by molar-refractivity contribution is -0.128. The normalized spacial score (nSPS) is 15.3. The second-order valence-corrected chi connectivity index (χ2v) is 5.82. The van der Waals surface area contributed by atoms with Gasteiger partial charge in [0.25, 0.3) is 5.91 Å². The van der Waals surface area contributed by atoms with Crippen molar-refractivity contribution in [3.8, 4) is 0 Å². The number of carbonyl (C=O) groups is 2. The van der Waals surface area contributed by atoms with Crippen molar-refractivity contribution in [3.63, 3.8) is 0 Å². The van der Waals surface area contributed by atoms with Crippen molar-refractivity contribution in [2.75, 3.05) is 13.1 Å². The Labute approximate surface area is 139 Å². The first-order valence-corrected chi connectivity index (χ1v) is 7.96. The fourth-order valence-corrected chi connectivity index (χ4v) is 2.83. The molecule has 124 valence electrons. The van der Waals surface area contributed by atoms with Gasteiger partial charge in [-0.05, 0) is 18.1 Å². The molecule has 0 spiro atoms. The van der Waals surface area contributed by atoms with Gasteiger partial charge in [0.1, 0.15) is 0 Å². The zero-order valence-corrected chi connectivity index (χ0v) is 13.2. The van der Waals surface area contributed by atoms with Gasteiger partial charge in [0.15, 0.2) is 0 Å². The highest BCUT2D eigenvalue weighted by molar-refractivity contribution is 5.94. The minimum absolute atomic E-state index is 0.120. The fourth-order valence-electron chi connectivity index (χ4n) is 2.83. The number of pyridine rings is 1. The lowest BCUT2D eigenvalue weighted by Gasteiger charge is -2.25. The molecule has 0 bridgehead atoms. The Bertz CT molecular complexity index is 765. The van der Waals surface area contributed by atoms with Crippen LogP contribution in [0.15, 0.2) is 53.5 Å². The van der Waals surface area contributed by atoms with Crippen LogP contribution in [-0.2, 0) is 4.79 Å². The average Bonchev–Trinajstić information content (AvgIpc) is 3.00. The largest absolute Gasteiger partial charge is 0.343 e. The lowest BCUT2D eigenvalue weighted by atomic mass is 10.1. The molecule has 1 atom stereocenters. The van der Waals surface area contributed by atoms with Crippen LogP contribution in [0.3, 0.4) is 0 Å². The third-order valence-electron chi connectivity index (χ3n) is 4.13. The number of aromatic amines is 1. The summed E-state index contributed by atoms with van der Waals surface area (Å²) in [7, 11) is 0. The van der Waals surface area contributed by atoms with Gasteiger partial charge in [-0.2, -0.15) is 0 Å². The zero-order chi connectivity index (χ0) is 16.9. The Kier molecular flexibility index (Phi) is 4.74. The molecule has 2 aromatic rings. The van der Waals surface area contributed by atoms with Crippen LogP contribution in [-0.4, -0.2) is 34.8 Å². The number of nitrogens with one attached hydrogen (secondary N) is 2. The molecule has 0 radical (unpaired) electrons. The van der Waals surface area contributed by atoms with Crippen molar-refractivity contribution in [1.29, 1.82) is 0 Å². The minimum Gasteiger partial charge on any atom is -0.343 e. The number of rotatable bonds is 5. The second-order valence-electron chi connectivity index (χ2n) is 5.82. The molecule has 1 saturated heterocycles. The number of aromatic nitrogens is 1. The smallest absolute Gasteiger partial charge is 0.253 e. The van der Waals surface area contributed by atoms with Crippen molar-refractivity contribution < 1.29 is 9.59 Å². The highest BCUT2D eigenvalue weighted by Crippen LogP contribution is 2.19. The summed E-state index contributed by atoms with van der Waals surface area (Å²) in [6, 6.07) is 12.1. The zero-order valence-electron chi connectivity index (χ0n) is 13.2. The molecule has 3 rings (SSSR count). The predicted octanol–water partition coefficient (Wildman–Crippen LogP) is 1.47. The third kappa shape index (κ3) is 3.71. The number of likely N-dealkylation sites (tertiary alicyclic amines) is 1. The molecular weight excluding hydrogens is 306 g/mol. The molecule has 24 heavy (non-hydrogen) atoms. The maximum Gasteiger partial charge on any atom is 0.253 e. The molecule has 1 aliphatic heterocycles. The molecule has 2 amide bonds. The Morgan fingerprint density at radius 3 is 2.58 bits per heavy atom. The van der Waals surface area contributed by atoms with Crippen molar-refractivity contribution >= 4 is 11.8 Å². The standard InChI is InChI=1S/C18H19N3O3/c22-16-9-8-14(11-19-16)18(24)20-15(13-5-2-1-3-6-13)12-21-10-4-7-17(21)23/h1-3,5-6,8-9,11,15H,4,7,10,12H2,(H,19,22)(H,20,24). The maximum absolute atomic E-state index is 12.5. The number of H-pyrrole nitrogens is 1. The maximum atomic E-state index is 12.5. The summed E-state index contributed by atoms with van der Waals surface area (Å²) < 4.78 is 0. The monoisotopic (exact) mass is 325 g/mol. The molecule has 0 aliphatic carbocycles. The van der Waals surface area contributed by atoms with Crippen LogP contribution >= 0.6 is 0 Å². The van der Waals surface area contributed by atoms with Crippen LogP contribution in [0.5, 0.6) is 0 Å². The summed E-state index contributed by atoms with van der Waals surface area (Å²) in [5.74, 6) is -0.166. The topological polar surface area (TPSA) is 82.3 Å². The van der Waals surface area contributed by atoms with Gasteiger partial charge in [0, 0.05) is 31.8 Å². The van der Waals surface area contributed by atoms with Crippen LogP contribution in [0.2, 0.25) is 0 Å². The van der Waals surface area contributed by atoms with E-state index in [1.807, 2.05) is 30.3 Å². The van der Waals surface area contributed by atoms with Gasteiger partial charge in [-0.15, -0.1) is 0 Å². The van der Waals surface area contributed by atoms with Crippen molar-refractivity contribution in [2.24, 2.45) is 0 Å². The van der Waals surface area contributed by atoms with Gasteiger partial charge in [0.05, 0.1) is 11.6 Å². The Balaban J connectivity index is 1.79. The predicted molar refractivity (Wildman–Crippen MR) is 89.5 cm³/mol. The molecule has 1 aliphatic rings. The van der Waals surface area contributed by atoms with E-state index < -0.39 is 0 Å². The van der Waals surface area contributed by atoms with Crippen molar-refractivity contribution in [1.82, 2.24) is 15.2 Å². The second kappa shape index (κ2) is 7.12. The van der Waals surface area contributed by atoms with Gasteiger partial charge in [-0.3, -0.25) is 14.4 Å². The molecule has 2 N–H and O–H groups in total. The Morgan fingerprint density at radius 1 is 1.17 bits per heavy atom. The van der Waals surface area contributed by atoms with E-state index in [0.717, 1.165) is 18.5 Å². The van der Waals surface area contributed by atoms with Crippen LogP contribution < -0.4 is 10.9 Å². The molecule has 1 aromatic carbocycles. The Morgan fingerprint density at radius 2 is 1.96 bits per heavy atom. The number of hydrogen-bond acceptors (Lipinski definition) is 3. The van der Waals surface area contributed by atoms with Crippen LogP contribution in [0.1, 0.15) is 34.8 Å². The minimum atomic E-state index is -0.298. The van der Waals surface area contributed by atoms with Crippen LogP contribution in [0, 0.1) is 0 Å². The summed E-state index contributed by atoms with van der Waals surface area (Å²) in [5, 5.41) is 2.96. The summed E-state index contributed by atoms with van der Waals surface area (Å²) in [4.78, 5) is 39.8. The van der Waals surface area contributed by atoms with Crippen molar-refractivity contribution in [2.45, 2.75) is 18.9 Å². The summed E-state index contributed by atoms with van der Waals surface area (Å²) in [5.41, 5.74) is 1.06. The summed E-state index contributed by atoms with van der Waals surface area (Å²) >= 11 is 0. The number of carbonyl (C=O) groups excluding carboxylic acids is 2. The first-order chi connectivity index (χ1) is 11.6. The van der Waals surface area contributed by atoms with E-state index in [9.17, 15) is 14.4 Å². The van der Waals surface area contributed by atoms with E-state index in [-0.39, 0.29) is 23.4 Å². The van der Waals surface area contributed by atoms with E-state index in [1.165, 1.54) is 18.3 Å². The molecule has 2 heterocycles. The van der Waals surface area contributed by atoms with E-state index in [1.54, 1.807) is 4.90 Å². The molecule has 6 heteroatoms. The summed E-state index contributed by atoms with van der Waals surface area (Å²) in [6.45, 7) is 1.16. The van der Waals surface area contributed by atoms with Gasteiger partial charge in [-0.1, -0.05) is 30.3 Å². The highest BCUT2D eigenvalue weighted by Gasteiger charge is 2.25. The fraction of sp³-hybridized carbons (Fsp3) is 0.278. The molecular formula is C18H19N3O3.